The molecule has 0 aliphatic rings. The quantitative estimate of drug-likeness (QED) is 0.422. The summed E-state index contributed by atoms with van der Waals surface area (Å²) in [5.74, 6) is 1.28. The lowest BCUT2D eigenvalue weighted by molar-refractivity contribution is 0.404. The zero-order valence-corrected chi connectivity index (χ0v) is 18.7. The summed E-state index contributed by atoms with van der Waals surface area (Å²) in [5, 5.41) is 26.5. The van der Waals surface area contributed by atoms with Crippen molar-refractivity contribution in [2.45, 2.75) is 13.8 Å². The van der Waals surface area contributed by atoms with Crippen LogP contribution >= 0.6 is 11.3 Å². The number of thiazole rings is 1. The van der Waals surface area contributed by atoms with Crippen molar-refractivity contribution in [1.82, 2.24) is 4.68 Å². The number of aromatic nitrogens is 1. The molecule has 7 nitrogen and oxygen atoms in total. The van der Waals surface area contributed by atoms with Gasteiger partial charge in [0.15, 0.2) is 0 Å². The van der Waals surface area contributed by atoms with Gasteiger partial charge in [-0.2, -0.15) is 5.10 Å². The van der Waals surface area contributed by atoms with Crippen LogP contribution < -0.4 is 14.3 Å². The second kappa shape index (κ2) is 9.53. The van der Waals surface area contributed by atoms with Crippen molar-refractivity contribution in [3.8, 4) is 34.3 Å². The molecule has 8 heteroatoms. The number of hydrogen-bond donors (Lipinski definition) is 2. The summed E-state index contributed by atoms with van der Waals surface area (Å²) in [5.41, 5.74) is 3.54. The fourth-order valence-electron chi connectivity index (χ4n) is 2.94. The Morgan fingerprint density at radius 2 is 1.87 bits per heavy atom. The van der Waals surface area contributed by atoms with Crippen LogP contribution in [0.4, 0.5) is 0 Å². The van der Waals surface area contributed by atoms with Crippen LogP contribution in [0.15, 0.2) is 64.0 Å². The molecule has 3 aromatic rings. The Kier molecular flexibility index (Phi) is 6.81. The molecule has 0 radical (unpaired) electrons. The maximum Gasteiger partial charge on any atom is 0.206 e. The smallest absolute Gasteiger partial charge is 0.206 e. The first-order valence-corrected chi connectivity index (χ1v) is 10.4. The molecule has 0 fully saturated rings. The van der Waals surface area contributed by atoms with E-state index in [9.17, 15) is 10.2 Å². The van der Waals surface area contributed by atoms with Crippen molar-refractivity contribution in [2.75, 3.05) is 20.8 Å². The van der Waals surface area contributed by atoms with Gasteiger partial charge >= 0.3 is 0 Å². The SMILES string of the molecule is C=C(C)CN=c1scc(-c2cc(OC)ccc2OC)n1N=C(C)c1ccc(O)cc1O. The van der Waals surface area contributed by atoms with Crippen LogP contribution in [0.1, 0.15) is 19.4 Å². The van der Waals surface area contributed by atoms with Crippen molar-refractivity contribution < 1.29 is 19.7 Å². The van der Waals surface area contributed by atoms with Gasteiger partial charge in [-0.15, -0.1) is 11.3 Å². The lowest BCUT2D eigenvalue weighted by Gasteiger charge is -2.12. The summed E-state index contributed by atoms with van der Waals surface area (Å²) >= 11 is 1.44. The maximum atomic E-state index is 10.3. The Hall–Kier alpha value is -3.52. The van der Waals surface area contributed by atoms with Crippen LogP contribution in [0.5, 0.6) is 23.0 Å². The Bertz CT molecular complexity index is 1210. The van der Waals surface area contributed by atoms with E-state index in [2.05, 4.69) is 11.6 Å². The monoisotopic (exact) mass is 439 g/mol. The first-order chi connectivity index (χ1) is 14.8. The van der Waals surface area contributed by atoms with Crippen molar-refractivity contribution in [1.29, 1.82) is 0 Å². The van der Waals surface area contributed by atoms with E-state index in [1.807, 2.05) is 30.5 Å². The normalized spacial score (nSPS) is 12.1. The molecule has 0 unspecified atom stereocenters. The van der Waals surface area contributed by atoms with Crippen LogP contribution in [0, 0.1) is 0 Å². The number of hydrogen-bond acceptors (Lipinski definition) is 7. The van der Waals surface area contributed by atoms with E-state index in [-0.39, 0.29) is 11.5 Å². The predicted octanol–water partition coefficient (Wildman–Crippen LogP) is 4.39. The lowest BCUT2D eigenvalue weighted by atomic mass is 10.1. The molecule has 3 rings (SSSR count). The highest BCUT2D eigenvalue weighted by Crippen LogP contribution is 2.34. The number of benzene rings is 2. The number of phenolic OH excluding ortho intramolecular Hbond substituents is 2. The number of rotatable bonds is 7. The first-order valence-electron chi connectivity index (χ1n) is 9.49. The molecule has 31 heavy (non-hydrogen) atoms. The van der Waals surface area contributed by atoms with Gasteiger partial charge in [-0.1, -0.05) is 12.2 Å². The van der Waals surface area contributed by atoms with Gasteiger partial charge in [-0.25, -0.2) is 4.68 Å². The zero-order chi connectivity index (χ0) is 22.5. The molecule has 2 N–H and O–H groups in total. The molecule has 0 saturated heterocycles. The van der Waals surface area contributed by atoms with E-state index in [4.69, 9.17) is 14.6 Å². The average molecular weight is 440 g/mol. The van der Waals surface area contributed by atoms with Gasteiger partial charge in [0.25, 0.3) is 0 Å². The number of methoxy groups -OCH3 is 2. The Balaban J connectivity index is 2.24. The average Bonchev–Trinajstić information content (AvgIpc) is 3.13. The van der Waals surface area contributed by atoms with E-state index < -0.39 is 0 Å². The number of phenols is 2. The second-order valence-corrected chi connectivity index (χ2v) is 7.78. The van der Waals surface area contributed by atoms with Crippen LogP contribution in [-0.4, -0.2) is 41.4 Å². The highest BCUT2D eigenvalue weighted by Gasteiger charge is 2.15. The van der Waals surface area contributed by atoms with Gasteiger partial charge in [-0.3, -0.25) is 4.99 Å². The van der Waals surface area contributed by atoms with Crippen LogP contribution in [-0.2, 0) is 0 Å². The number of aromatic hydroxyl groups is 2. The highest BCUT2D eigenvalue weighted by atomic mass is 32.1. The third-order valence-electron chi connectivity index (χ3n) is 4.47. The summed E-state index contributed by atoms with van der Waals surface area (Å²) in [6.07, 6.45) is 0. The lowest BCUT2D eigenvalue weighted by Crippen LogP contribution is -2.15. The molecule has 0 bridgehead atoms. The van der Waals surface area contributed by atoms with E-state index in [1.54, 1.807) is 31.9 Å². The predicted molar refractivity (Wildman–Crippen MR) is 123 cm³/mol. The van der Waals surface area contributed by atoms with E-state index >= 15 is 0 Å². The minimum absolute atomic E-state index is 0.0174. The van der Waals surface area contributed by atoms with Crippen molar-refractivity contribution >= 4 is 17.0 Å². The van der Waals surface area contributed by atoms with Crippen molar-refractivity contribution in [3.05, 3.63) is 64.3 Å². The minimum atomic E-state index is -0.0574. The fourth-order valence-corrected chi connectivity index (χ4v) is 3.76. The van der Waals surface area contributed by atoms with Crippen molar-refractivity contribution in [3.63, 3.8) is 0 Å². The van der Waals surface area contributed by atoms with Gasteiger partial charge < -0.3 is 19.7 Å². The Morgan fingerprint density at radius 3 is 2.52 bits per heavy atom. The number of nitrogens with zero attached hydrogens (tertiary/aromatic N) is 3. The summed E-state index contributed by atoms with van der Waals surface area (Å²) in [6, 6.07) is 9.95. The summed E-state index contributed by atoms with van der Waals surface area (Å²) < 4.78 is 12.7. The largest absolute Gasteiger partial charge is 0.508 e. The molecule has 2 aromatic carbocycles. The van der Waals surface area contributed by atoms with Gasteiger partial charge in [0.2, 0.25) is 4.80 Å². The Labute approximate surface area is 184 Å². The molecule has 0 aliphatic carbocycles. The zero-order valence-electron chi connectivity index (χ0n) is 17.9. The van der Waals surface area contributed by atoms with E-state index in [0.717, 1.165) is 16.8 Å². The molecule has 0 amide bonds. The third-order valence-corrected chi connectivity index (χ3v) is 5.33. The second-order valence-electron chi connectivity index (χ2n) is 6.94. The Morgan fingerprint density at radius 1 is 1.10 bits per heavy atom. The standard InChI is InChI=1S/C23H25N3O4S/c1-14(2)12-24-23-26(25-15(3)18-8-6-16(27)10-21(18)28)20(13-31-23)19-11-17(29-4)7-9-22(19)30-5/h6-11,13,27-28H,1,12H2,2-5H3. The summed E-state index contributed by atoms with van der Waals surface area (Å²) in [7, 11) is 3.22. The van der Waals surface area contributed by atoms with E-state index in [1.165, 1.54) is 23.5 Å². The minimum Gasteiger partial charge on any atom is -0.508 e. The molecule has 1 heterocycles. The molecular formula is C23H25N3O4S. The summed E-state index contributed by atoms with van der Waals surface area (Å²) in [4.78, 5) is 5.30. The third kappa shape index (κ3) is 4.97. The summed E-state index contributed by atoms with van der Waals surface area (Å²) in [6.45, 7) is 8.08. The molecule has 0 atom stereocenters. The van der Waals surface area contributed by atoms with Gasteiger partial charge in [0, 0.05) is 22.6 Å². The van der Waals surface area contributed by atoms with Gasteiger partial charge in [0.1, 0.15) is 23.0 Å². The maximum absolute atomic E-state index is 10.3. The van der Waals surface area contributed by atoms with Crippen LogP contribution in [0.2, 0.25) is 0 Å². The fraction of sp³-hybridized carbons (Fsp3) is 0.217. The van der Waals surface area contributed by atoms with Gasteiger partial charge in [0.05, 0.1) is 32.2 Å². The van der Waals surface area contributed by atoms with E-state index in [0.29, 0.717) is 34.1 Å². The highest BCUT2D eigenvalue weighted by molar-refractivity contribution is 7.07. The molecule has 0 aliphatic heterocycles. The first kappa shape index (κ1) is 22.2. The van der Waals surface area contributed by atoms with Gasteiger partial charge in [-0.05, 0) is 44.2 Å². The molecule has 0 spiro atoms. The molecule has 162 valence electrons. The molecule has 0 saturated carbocycles. The number of ether oxygens (including phenoxy) is 2. The molecule has 1 aromatic heterocycles. The molecular weight excluding hydrogens is 414 g/mol. The topological polar surface area (TPSA) is 88.6 Å². The van der Waals surface area contributed by atoms with Crippen molar-refractivity contribution in [2.24, 2.45) is 10.1 Å². The van der Waals surface area contributed by atoms with Crippen LogP contribution in [0.3, 0.4) is 0 Å². The van der Waals surface area contributed by atoms with Crippen LogP contribution in [0.25, 0.3) is 11.3 Å².